The van der Waals surface area contributed by atoms with E-state index in [9.17, 15) is 18.0 Å². The molecule has 0 radical (unpaired) electrons. The summed E-state index contributed by atoms with van der Waals surface area (Å²) in [5, 5.41) is 19.1. The van der Waals surface area contributed by atoms with Gasteiger partial charge in [0.15, 0.2) is 0 Å². The summed E-state index contributed by atoms with van der Waals surface area (Å²) in [5.41, 5.74) is -1.85. The van der Waals surface area contributed by atoms with Crippen LogP contribution in [-0.2, 0) is 11.0 Å². The van der Waals surface area contributed by atoms with Crippen molar-refractivity contribution in [3.05, 3.63) is 27.7 Å². The molecule has 0 bridgehead atoms. The van der Waals surface area contributed by atoms with E-state index in [0.29, 0.717) is 6.07 Å². The fourth-order valence-electron chi connectivity index (χ4n) is 1.26. The first-order valence-corrected chi connectivity index (χ1v) is 5.56. The van der Waals surface area contributed by atoms with Crippen molar-refractivity contribution >= 4 is 27.5 Å². The van der Waals surface area contributed by atoms with E-state index in [1.807, 2.05) is 0 Å². The van der Waals surface area contributed by atoms with Crippen LogP contribution < -0.4 is 5.32 Å². The van der Waals surface area contributed by atoms with Crippen molar-refractivity contribution in [2.45, 2.75) is 12.6 Å². The van der Waals surface area contributed by atoms with Crippen LogP contribution in [0.2, 0.25) is 0 Å². The molecule has 0 spiro atoms. The number of amides is 1. The molecule has 0 aromatic heterocycles. The molecule has 98 valence electrons. The summed E-state index contributed by atoms with van der Waals surface area (Å²) in [6.45, 7) is 0. The normalized spacial score (nSPS) is 10.4. The number of nitrogens with zero attached hydrogens (tertiary/aromatic N) is 2. The van der Waals surface area contributed by atoms with Crippen molar-refractivity contribution in [3.8, 4) is 12.1 Å². The van der Waals surface area contributed by atoms with Crippen LogP contribution in [0.3, 0.4) is 0 Å². The number of alkyl halides is 3. The summed E-state index contributed by atoms with van der Waals surface area (Å²) >= 11 is 2.95. The van der Waals surface area contributed by atoms with Gasteiger partial charge in [-0.2, -0.15) is 23.7 Å². The average molecular weight is 332 g/mol. The van der Waals surface area contributed by atoms with Gasteiger partial charge in [0, 0.05) is 4.47 Å². The van der Waals surface area contributed by atoms with Crippen molar-refractivity contribution in [1.82, 2.24) is 0 Å². The standard InChI is InChI=1S/C11H5BrF3N3O/c12-8-3-6(5-17)7(11(13,14)15)4-9(8)18-10(19)1-2-16/h3-4H,1H2,(H,18,19). The second-order valence-electron chi connectivity index (χ2n) is 3.37. The first kappa shape index (κ1) is 15.0. The van der Waals surface area contributed by atoms with E-state index < -0.39 is 29.6 Å². The summed E-state index contributed by atoms with van der Waals surface area (Å²) in [6.07, 6.45) is -5.19. The minimum Gasteiger partial charge on any atom is -0.324 e. The summed E-state index contributed by atoms with van der Waals surface area (Å²) in [6, 6.07) is 4.62. The maximum atomic E-state index is 12.7. The van der Waals surface area contributed by atoms with Crippen LogP contribution in [0.1, 0.15) is 17.5 Å². The smallest absolute Gasteiger partial charge is 0.324 e. The van der Waals surface area contributed by atoms with Crippen LogP contribution in [0, 0.1) is 22.7 Å². The van der Waals surface area contributed by atoms with Gasteiger partial charge in [-0.25, -0.2) is 0 Å². The number of nitrogens with one attached hydrogen (secondary N) is 1. The highest BCUT2D eigenvalue weighted by Gasteiger charge is 2.34. The summed E-state index contributed by atoms with van der Waals surface area (Å²) in [7, 11) is 0. The average Bonchev–Trinajstić information content (AvgIpc) is 2.30. The molecule has 0 fully saturated rings. The zero-order chi connectivity index (χ0) is 14.6. The number of rotatable bonds is 2. The van der Waals surface area contributed by atoms with Gasteiger partial charge in [0.25, 0.3) is 0 Å². The number of halogens is 4. The molecular weight excluding hydrogens is 327 g/mol. The maximum Gasteiger partial charge on any atom is 0.417 e. The molecule has 1 aromatic rings. The molecule has 0 saturated carbocycles. The number of hydrogen-bond acceptors (Lipinski definition) is 3. The van der Waals surface area contributed by atoms with Gasteiger partial charge >= 0.3 is 6.18 Å². The lowest BCUT2D eigenvalue weighted by Gasteiger charge is -2.13. The SMILES string of the molecule is N#CCC(=O)Nc1cc(C(F)(F)F)c(C#N)cc1Br. The van der Waals surface area contributed by atoms with Gasteiger partial charge in [-0.1, -0.05) is 0 Å². The number of hydrogen-bond donors (Lipinski definition) is 1. The molecule has 1 amide bonds. The number of carbonyl (C=O) groups is 1. The van der Waals surface area contributed by atoms with Gasteiger partial charge < -0.3 is 5.32 Å². The molecule has 1 N–H and O–H groups in total. The van der Waals surface area contributed by atoms with E-state index >= 15 is 0 Å². The van der Waals surface area contributed by atoms with Crippen molar-refractivity contribution in [2.24, 2.45) is 0 Å². The van der Waals surface area contributed by atoms with Crippen LogP contribution in [0.4, 0.5) is 18.9 Å². The Bertz CT molecular complexity index is 599. The maximum absolute atomic E-state index is 12.7. The Morgan fingerprint density at radius 1 is 1.37 bits per heavy atom. The molecule has 0 unspecified atom stereocenters. The van der Waals surface area contributed by atoms with E-state index in [0.717, 1.165) is 6.07 Å². The van der Waals surface area contributed by atoms with Crippen molar-refractivity contribution in [2.75, 3.05) is 5.32 Å². The third kappa shape index (κ3) is 3.70. The summed E-state index contributed by atoms with van der Waals surface area (Å²) < 4.78 is 38.2. The molecule has 0 atom stereocenters. The van der Waals surface area contributed by atoms with Crippen LogP contribution >= 0.6 is 15.9 Å². The molecule has 0 heterocycles. The molecule has 0 aliphatic rings. The number of carbonyl (C=O) groups excluding carboxylic acids is 1. The number of nitriles is 2. The van der Waals surface area contributed by atoms with Crippen LogP contribution in [0.5, 0.6) is 0 Å². The van der Waals surface area contributed by atoms with Gasteiger partial charge in [0.1, 0.15) is 6.42 Å². The Labute approximate surface area is 114 Å². The third-order valence-electron chi connectivity index (χ3n) is 2.05. The van der Waals surface area contributed by atoms with E-state index in [2.05, 4.69) is 21.2 Å². The second kappa shape index (κ2) is 5.72. The fraction of sp³-hybridized carbons (Fsp3) is 0.182. The van der Waals surface area contributed by atoms with E-state index in [1.165, 1.54) is 6.07 Å². The molecule has 1 rings (SSSR count). The predicted molar refractivity (Wildman–Crippen MR) is 62.7 cm³/mol. The lowest BCUT2D eigenvalue weighted by Crippen LogP contribution is -2.13. The lowest BCUT2D eigenvalue weighted by molar-refractivity contribution is -0.137. The van der Waals surface area contributed by atoms with Gasteiger partial charge in [-0.15, -0.1) is 0 Å². The van der Waals surface area contributed by atoms with Gasteiger partial charge in [0.2, 0.25) is 5.91 Å². The molecule has 4 nitrogen and oxygen atoms in total. The predicted octanol–water partition coefficient (Wildman–Crippen LogP) is 3.19. The summed E-state index contributed by atoms with van der Waals surface area (Å²) in [4.78, 5) is 11.2. The number of benzene rings is 1. The largest absolute Gasteiger partial charge is 0.417 e. The van der Waals surface area contributed by atoms with E-state index in [-0.39, 0.29) is 10.2 Å². The van der Waals surface area contributed by atoms with E-state index in [4.69, 9.17) is 10.5 Å². The molecule has 0 aliphatic heterocycles. The van der Waals surface area contributed by atoms with Crippen molar-refractivity contribution < 1.29 is 18.0 Å². The van der Waals surface area contributed by atoms with E-state index in [1.54, 1.807) is 6.07 Å². The zero-order valence-electron chi connectivity index (χ0n) is 9.18. The Balaban J connectivity index is 3.26. The first-order valence-electron chi connectivity index (χ1n) is 4.77. The molecule has 19 heavy (non-hydrogen) atoms. The summed E-state index contributed by atoms with van der Waals surface area (Å²) in [5.74, 6) is -0.735. The minimum atomic E-state index is -4.71. The Morgan fingerprint density at radius 2 is 2.00 bits per heavy atom. The van der Waals surface area contributed by atoms with Crippen molar-refractivity contribution in [1.29, 1.82) is 10.5 Å². The lowest BCUT2D eigenvalue weighted by atomic mass is 10.1. The minimum absolute atomic E-state index is 0.128. The number of anilines is 1. The highest BCUT2D eigenvalue weighted by Crippen LogP contribution is 2.36. The monoisotopic (exact) mass is 331 g/mol. The van der Waals surface area contributed by atoms with Crippen LogP contribution in [0.25, 0.3) is 0 Å². The van der Waals surface area contributed by atoms with Gasteiger partial charge in [-0.05, 0) is 28.1 Å². The molecule has 0 aliphatic carbocycles. The zero-order valence-corrected chi connectivity index (χ0v) is 10.8. The Hall–Kier alpha value is -2.06. The highest BCUT2D eigenvalue weighted by atomic mass is 79.9. The Morgan fingerprint density at radius 3 is 2.47 bits per heavy atom. The third-order valence-corrected chi connectivity index (χ3v) is 2.70. The highest BCUT2D eigenvalue weighted by molar-refractivity contribution is 9.10. The van der Waals surface area contributed by atoms with Crippen molar-refractivity contribution in [3.63, 3.8) is 0 Å². The fourth-order valence-corrected chi connectivity index (χ4v) is 1.70. The van der Waals surface area contributed by atoms with Crippen LogP contribution in [-0.4, -0.2) is 5.91 Å². The second-order valence-corrected chi connectivity index (χ2v) is 4.22. The molecular formula is C11H5BrF3N3O. The van der Waals surface area contributed by atoms with Gasteiger partial charge in [0.05, 0.1) is 29.0 Å². The van der Waals surface area contributed by atoms with Crippen LogP contribution in [0.15, 0.2) is 16.6 Å². The first-order chi connectivity index (χ1) is 8.79. The van der Waals surface area contributed by atoms with Gasteiger partial charge in [-0.3, -0.25) is 4.79 Å². The molecule has 8 heteroatoms. The Kier molecular flexibility index (Phi) is 4.52. The topological polar surface area (TPSA) is 76.7 Å². The molecule has 1 aromatic carbocycles. The molecule has 0 saturated heterocycles. The quantitative estimate of drug-likeness (QED) is 0.903.